The molecule has 112 valence electrons. The molecule has 2 aromatic rings. The highest BCUT2D eigenvalue weighted by atomic mass is 35.5. The average Bonchev–Trinajstić information content (AvgIpc) is 2.51. The fraction of sp³-hybridized carbons (Fsp3) is 0.125. The summed E-state index contributed by atoms with van der Waals surface area (Å²) in [6, 6.07) is 9.17. The Morgan fingerprint density at radius 1 is 1.23 bits per heavy atom. The van der Waals surface area contributed by atoms with Crippen LogP contribution in [-0.2, 0) is 0 Å². The number of nitriles is 1. The van der Waals surface area contributed by atoms with Gasteiger partial charge >= 0.3 is 0 Å². The number of rotatable bonds is 4. The number of carbonyl (C=O) groups excluding carboxylic acids is 1. The van der Waals surface area contributed by atoms with Gasteiger partial charge in [-0.25, -0.2) is 8.78 Å². The fourth-order valence-electron chi connectivity index (χ4n) is 1.79. The van der Waals surface area contributed by atoms with Gasteiger partial charge < -0.3 is 4.74 Å². The quantitative estimate of drug-likeness (QED) is 0.795. The largest absolute Gasteiger partial charge is 0.481 e. The molecule has 0 amide bonds. The van der Waals surface area contributed by atoms with Gasteiger partial charge in [-0.1, -0.05) is 11.6 Å². The van der Waals surface area contributed by atoms with Crippen molar-refractivity contribution >= 4 is 17.4 Å². The SMILES string of the molecule is C[C@H](Oc1ccc(C#N)cc1Cl)C(=O)c1ccc(F)c(F)c1. The Labute approximate surface area is 130 Å². The first-order chi connectivity index (χ1) is 10.4. The number of ketones is 1. The molecule has 2 rings (SSSR count). The third-order valence-corrected chi connectivity index (χ3v) is 3.23. The van der Waals surface area contributed by atoms with Crippen LogP contribution in [0.5, 0.6) is 5.75 Å². The Morgan fingerprint density at radius 2 is 1.95 bits per heavy atom. The summed E-state index contributed by atoms with van der Waals surface area (Å²) in [4.78, 5) is 12.1. The molecule has 0 fully saturated rings. The molecule has 1 atom stereocenters. The van der Waals surface area contributed by atoms with Crippen molar-refractivity contribution in [1.82, 2.24) is 0 Å². The summed E-state index contributed by atoms with van der Waals surface area (Å²) >= 11 is 5.95. The fourth-order valence-corrected chi connectivity index (χ4v) is 2.02. The number of hydrogen-bond donors (Lipinski definition) is 0. The smallest absolute Gasteiger partial charge is 0.203 e. The van der Waals surface area contributed by atoms with Gasteiger partial charge in [0.15, 0.2) is 17.7 Å². The van der Waals surface area contributed by atoms with Gasteiger partial charge in [-0.15, -0.1) is 0 Å². The second-order valence-corrected chi connectivity index (χ2v) is 4.92. The zero-order valence-corrected chi connectivity index (χ0v) is 12.2. The van der Waals surface area contributed by atoms with Crippen molar-refractivity contribution in [2.45, 2.75) is 13.0 Å². The number of hydrogen-bond acceptors (Lipinski definition) is 3. The minimum absolute atomic E-state index is 0.00355. The lowest BCUT2D eigenvalue weighted by atomic mass is 10.1. The van der Waals surface area contributed by atoms with E-state index in [1.165, 1.54) is 31.2 Å². The number of Topliss-reactive ketones (excluding diaryl/α,β-unsaturated/α-hetero) is 1. The third kappa shape index (κ3) is 3.41. The number of benzene rings is 2. The van der Waals surface area contributed by atoms with E-state index in [-0.39, 0.29) is 16.3 Å². The predicted molar refractivity (Wildman–Crippen MR) is 76.9 cm³/mol. The van der Waals surface area contributed by atoms with E-state index < -0.39 is 23.5 Å². The molecule has 0 spiro atoms. The second-order valence-electron chi connectivity index (χ2n) is 4.51. The lowest BCUT2D eigenvalue weighted by molar-refractivity contribution is 0.0817. The van der Waals surface area contributed by atoms with E-state index in [1.54, 1.807) is 0 Å². The Balaban J connectivity index is 2.18. The maximum absolute atomic E-state index is 13.2. The first-order valence-corrected chi connectivity index (χ1v) is 6.65. The molecule has 0 bridgehead atoms. The molecule has 2 aromatic carbocycles. The summed E-state index contributed by atoms with van der Waals surface area (Å²) in [5.41, 5.74) is 0.355. The highest BCUT2D eigenvalue weighted by molar-refractivity contribution is 6.32. The molecule has 0 N–H and O–H groups in total. The highest BCUT2D eigenvalue weighted by Gasteiger charge is 2.19. The van der Waals surface area contributed by atoms with Crippen molar-refractivity contribution in [1.29, 1.82) is 5.26 Å². The normalized spacial score (nSPS) is 11.6. The minimum atomic E-state index is -1.10. The molecule has 0 aliphatic heterocycles. The van der Waals surface area contributed by atoms with Crippen LogP contribution in [0.15, 0.2) is 36.4 Å². The van der Waals surface area contributed by atoms with Crippen LogP contribution >= 0.6 is 11.6 Å². The van der Waals surface area contributed by atoms with Crippen LogP contribution in [0.1, 0.15) is 22.8 Å². The van der Waals surface area contributed by atoms with Gasteiger partial charge in [0.25, 0.3) is 0 Å². The molecular formula is C16H10ClF2NO2. The van der Waals surface area contributed by atoms with E-state index in [0.29, 0.717) is 5.56 Å². The van der Waals surface area contributed by atoms with E-state index in [1.807, 2.05) is 6.07 Å². The van der Waals surface area contributed by atoms with Gasteiger partial charge in [0, 0.05) is 5.56 Å². The van der Waals surface area contributed by atoms with E-state index in [9.17, 15) is 13.6 Å². The van der Waals surface area contributed by atoms with Crippen LogP contribution in [0.3, 0.4) is 0 Å². The van der Waals surface area contributed by atoms with Gasteiger partial charge in [-0.2, -0.15) is 5.26 Å². The lowest BCUT2D eigenvalue weighted by Gasteiger charge is -2.15. The van der Waals surface area contributed by atoms with Gasteiger partial charge in [0.1, 0.15) is 5.75 Å². The number of halogens is 3. The summed E-state index contributed by atoms with van der Waals surface area (Å²) < 4.78 is 31.5. The van der Waals surface area contributed by atoms with Crippen molar-refractivity contribution in [2.24, 2.45) is 0 Å². The molecule has 0 radical (unpaired) electrons. The molecule has 0 aromatic heterocycles. The minimum Gasteiger partial charge on any atom is -0.481 e. The van der Waals surface area contributed by atoms with Crippen LogP contribution in [0.25, 0.3) is 0 Å². The van der Waals surface area contributed by atoms with Gasteiger partial charge in [-0.05, 0) is 43.3 Å². The Bertz CT molecular complexity index is 771. The summed E-state index contributed by atoms with van der Waals surface area (Å²) in [7, 11) is 0. The lowest BCUT2D eigenvalue weighted by Crippen LogP contribution is -2.24. The van der Waals surface area contributed by atoms with E-state index in [0.717, 1.165) is 12.1 Å². The Hall–Kier alpha value is -2.45. The van der Waals surface area contributed by atoms with Crippen LogP contribution in [0.4, 0.5) is 8.78 Å². The van der Waals surface area contributed by atoms with Crippen molar-refractivity contribution in [3.63, 3.8) is 0 Å². The third-order valence-electron chi connectivity index (χ3n) is 2.94. The summed E-state index contributed by atoms with van der Waals surface area (Å²) in [5, 5.41) is 8.93. The molecule has 0 aliphatic rings. The Kier molecular flexibility index (Phi) is 4.74. The Morgan fingerprint density at radius 3 is 2.55 bits per heavy atom. The number of carbonyl (C=O) groups is 1. The maximum atomic E-state index is 13.2. The average molecular weight is 322 g/mol. The highest BCUT2D eigenvalue weighted by Crippen LogP contribution is 2.26. The summed E-state index contributed by atoms with van der Waals surface area (Å²) in [6.45, 7) is 1.47. The second kappa shape index (κ2) is 6.54. The van der Waals surface area contributed by atoms with E-state index in [2.05, 4.69) is 0 Å². The number of nitrogens with zero attached hydrogens (tertiary/aromatic N) is 1. The van der Waals surface area contributed by atoms with Crippen molar-refractivity contribution in [3.05, 3.63) is 64.2 Å². The van der Waals surface area contributed by atoms with Crippen molar-refractivity contribution < 1.29 is 18.3 Å². The monoisotopic (exact) mass is 321 g/mol. The first kappa shape index (κ1) is 15.9. The topological polar surface area (TPSA) is 50.1 Å². The number of ether oxygens (including phenoxy) is 1. The van der Waals surface area contributed by atoms with Crippen LogP contribution in [0.2, 0.25) is 5.02 Å². The molecular weight excluding hydrogens is 312 g/mol. The molecule has 0 heterocycles. The first-order valence-electron chi connectivity index (χ1n) is 6.28. The molecule has 0 saturated carbocycles. The van der Waals surface area contributed by atoms with Gasteiger partial charge in [0.05, 0.1) is 16.7 Å². The van der Waals surface area contributed by atoms with Crippen molar-refractivity contribution in [2.75, 3.05) is 0 Å². The molecule has 0 aliphatic carbocycles. The molecule has 0 unspecified atom stereocenters. The molecule has 22 heavy (non-hydrogen) atoms. The standard InChI is InChI=1S/C16H10ClF2NO2/c1-9(16(21)11-3-4-13(18)14(19)7-11)22-15-5-2-10(8-20)6-12(15)17/h2-7,9H,1H3/t9-/m0/s1. The van der Waals surface area contributed by atoms with Crippen LogP contribution in [-0.4, -0.2) is 11.9 Å². The van der Waals surface area contributed by atoms with E-state index >= 15 is 0 Å². The molecule has 6 heteroatoms. The summed E-state index contributed by atoms with van der Waals surface area (Å²) in [5.74, 6) is -2.42. The van der Waals surface area contributed by atoms with Crippen LogP contribution < -0.4 is 4.74 Å². The van der Waals surface area contributed by atoms with Crippen LogP contribution in [0, 0.1) is 23.0 Å². The van der Waals surface area contributed by atoms with Gasteiger partial charge in [0.2, 0.25) is 5.78 Å². The van der Waals surface area contributed by atoms with E-state index in [4.69, 9.17) is 21.6 Å². The van der Waals surface area contributed by atoms with Gasteiger partial charge in [-0.3, -0.25) is 4.79 Å². The maximum Gasteiger partial charge on any atom is 0.203 e. The predicted octanol–water partition coefficient (Wildman–Crippen LogP) is 4.14. The van der Waals surface area contributed by atoms with Crippen molar-refractivity contribution in [3.8, 4) is 11.8 Å². The molecule has 3 nitrogen and oxygen atoms in total. The zero-order valence-electron chi connectivity index (χ0n) is 11.4. The molecule has 0 saturated heterocycles. The summed E-state index contributed by atoms with van der Waals surface area (Å²) in [6.07, 6.45) is -0.949. The zero-order chi connectivity index (χ0) is 16.3.